The predicted octanol–water partition coefficient (Wildman–Crippen LogP) is 2.26. The van der Waals surface area contributed by atoms with Gasteiger partial charge in [0.05, 0.1) is 19.8 Å². The molecule has 0 spiro atoms. The van der Waals surface area contributed by atoms with Gasteiger partial charge in [-0.2, -0.15) is 0 Å². The zero-order valence-electron chi connectivity index (χ0n) is 10.2. The van der Waals surface area contributed by atoms with Gasteiger partial charge in [0, 0.05) is 23.6 Å². The Morgan fingerprint density at radius 3 is 2.82 bits per heavy atom. The third kappa shape index (κ3) is 2.58. The second-order valence-electron chi connectivity index (χ2n) is 4.55. The summed E-state index contributed by atoms with van der Waals surface area (Å²) in [7, 11) is 1.51. The van der Waals surface area contributed by atoms with Crippen LogP contribution in [-0.4, -0.2) is 19.8 Å². The molecule has 0 bridgehead atoms. The molecule has 1 aliphatic heterocycles. The molecule has 3 unspecified atom stereocenters. The molecule has 94 valence electrons. The fraction of sp³-hybridized carbons (Fsp3) is 0.538. The van der Waals surface area contributed by atoms with Crippen LogP contribution in [0.4, 0.5) is 4.39 Å². The van der Waals surface area contributed by atoms with E-state index in [1.54, 1.807) is 12.1 Å². The van der Waals surface area contributed by atoms with Gasteiger partial charge in [-0.25, -0.2) is 4.39 Å². The molecule has 2 rings (SSSR count). The second-order valence-corrected chi connectivity index (χ2v) is 4.55. The lowest BCUT2D eigenvalue weighted by Gasteiger charge is -2.19. The van der Waals surface area contributed by atoms with E-state index >= 15 is 0 Å². The molecule has 1 aliphatic rings. The minimum absolute atomic E-state index is 0.188. The zero-order chi connectivity index (χ0) is 12.4. The summed E-state index contributed by atoms with van der Waals surface area (Å²) >= 11 is 0. The third-order valence-electron chi connectivity index (χ3n) is 3.30. The summed E-state index contributed by atoms with van der Waals surface area (Å²) in [4.78, 5) is 0. The lowest BCUT2D eigenvalue weighted by atomic mass is 9.91. The Bertz CT molecular complexity index is 397. The highest BCUT2D eigenvalue weighted by Gasteiger charge is 2.29. The van der Waals surface area contributed by atoms with Crippen LogP contribution in [0.1, 0.15) is 24.9 Å². The highest BCUT2D eigenvalue weighted by atomic mass is 19.1. The smallest absolute Gasteiger partial charge is 0.131 e. The van der Waals surface area contributed by atoms with Gasteiger partial charge in [0.25, 0.3) is 0 Å². The van der Waals surface area contributed by atoms with Crippen molar-refractivity contribution in [1.82, 2.24) is 0 Å². The van der Waals surface area contributed by atoms with Crippen LogP contribution in [0.15, 0.2) is 18.2 Å². The van der Waals surface area contributed by atoms with E-state index in [2.05, 4.69) is 0 Å². The van der Waals surface area contributed by atoms with Crippen molar-refractivity contribution >= 4 is 0 Å². The molecule has 1 fully saturated rings. The van der Waals surface area contributed by atoms with Crippen molar-refractivity contribution in [3.63, 3.8) is 0 Å². The van der Waals surface area contributed by atoms with Crippen molar-refractivity contribution in [1.29, 1.82) is 0 Å². The number of benzene rings is 1. The number of halogens is 1. The summed E-state index contributed by atoms with van der Waals surface area (Å²) in [6.07, 6.45) is 1.10. The molecule has 17 heavy (non-hydrogen) atoms. The third-order valence-corrected chi connectivity index (χ3v) is 3.30. The molecule has 3 atom stereocenters. The number of ether oxygens (including phenoxy) is 2. The molecule has 3 nitrogen and oxygen atoms in total. The molecule has 2 N–H and O–H groups in total. The summed E-state index contributed by atoms with van der Waals surface area (Å²) in [5.74, 6) is 0.388. The number of nitrogens with two attached hydrogens (primary N) is 1. The maximum atomic E-state index is 13.8. The molecule has 0 aliphatic carbocycles. The molecular formula is C13H18FNO2. The minimum Gasteiger partial charge on any atom is -0.497 e. The van der Waals surface area contributed by atoms with Gasteiger partial charge >= 0.3 is 0 Å². The van der Waals surface area contributed by atoms with Crippen molar-refractivity contribution in [2.24, 2.45) is 11.7 Å². The van der Waals surface area contributed by atoms with Crippen molar-refractivity contribution in [3.05, 3.63) is 29.6 Å². The van der Waals surface area contributed by atoms with E-state index in [1.807, 2.05) is 6.92 Å². The highest BCUT2D eigenvalue weighted by molar-refractivity contribution is 5.31. The van der Waals surface area contributed by atoms with Crippen molar-refractivity contribution in [2.45, 2.75) is 25.5 Å². The zero-order valence-corrected chi connectivity index (χ0v) is 10.2. The van der Waals surface area contributed by atoms with Crippen LogP contribution in [-0.2, 0) is 4.74 Å². The molecule has 4 heteroatoms. The Labute approximate surface area is 101 Å². The first-order valence-electron chi connectivity index (χ1n) is 5.82. The van der Waals surface area contributed by atoms with Crippen molar-refractivity contribution in [3.8, 4) is 5.75 Å². The summed E-state index contributed by atoms with van der Waals surface area (Å²) in [6.45, 7) is 2.62. The Balaban J connectivity index is 2.16. The normalized spacial score (nSPS) is 25.9. The van der Waals surface area contributed by atoms with Gasteiger partial charge in [0.2, 0.25) is 0 Å². The number of methoxy groups -OCH3 is 1. The van der Waals surface area contributed by atoms with Crippen LogP contribution in [0.5, 0.6) is 5.75 Å². The molecule has 1 heterocycles. The van der Waals surface area contributed by atoms with Crippen LogP contribution in [0.2, 0.25) is 0 Å². The minimum atomic E-state index is -0.314. The summed E-state index contributed by atoms with van der Waals surface area (Å²) in [5.41, 5.74) is 6.63. The fourth-order valence-electron chi connectivity index (χ4n) is 2.26. The second kappa shape index (κ2) is 5.02. The molecule has 1 saturated heterocycles. The monoisotopic (exact) mass is 239 g/mol. The molecule has 1 aromatic rings. The van der Waals surface area contributed by atoms with Gasteiger partial charge in [-0.3, -0.25) is 0 Å². The average molecular weight is 239 g/mol. The quantitative estimate of drug-likeness (QED) is 0.880. The van der Waals surface area contributed by atoms with Crippen LogP contribution in [0, 0.1) is 11.7 Å². The van der Waals surface area contributed by atoms with Crippen LogP contribution < -0.4 is 10.5 Å². The number of hydrogen-bond acceptors (Lipinski definition) is 3. The van der Waals surface area contributed by atoms with Gasteiger partial charge in [-0.05, 0) is 19.4 Å². The predicted molar refractivity (Wildman–Crippen MR) is 63.4 cm³/mol. The SMILES string of the molecule is COc1ccc(C(N)C2COC(C)C2)c(F)c1. The van der Waals surface area contributed by atoms with Crippen LogP contribution in [0.3, 0.4) is 0 Å². The molecule has 0 amide bonds. The van der Waals surface area contributed by atoms with Crippen molar-refractivity contribution < 1.29 is 13.9 Å². The first-order valence-corrected chi connectivity index (χ1v) is 5.82. The van der Waals surface area contributed by atoms with E-state index in [-0.39, 0.29) is 23.9 Å². The molecule has 1 aromatic carbocycles. The highest BCUT2D eigenvalue weighted by Crippen LogP contribution is 2.32. The van der Waals surface area contributed by atoms with Gasteiger partial charge in [0.1, 0.15) is 11.6 Å². The van der Waals surface area contributed by atoms with Gasteiger partial charge < -0.3 is 15.2 Å². The first kappa shape index (κ1) is 12.3. The van der Waals surface area contributed by atoms with Crippen LogP contribution in [0.25, 0.3) is 0 Å². The summed E-state index contributed by atoms with van der Waals surface area (Å²) in [5, 5.41) is 0. The standard InChI is InChI=1S/C13H18FNO2/c1-8-5-9(7-17-8)13(15)11-4-3-10(16-2)6-12(11)14/h3-4,6,8-9,13H,5,7,15H2,1-2H3. The molecule has 0 saturated carbocycles. The average Bonchev–Trinajstić information content (AvgIpc) is 2.75. The largest absolute Gasteiger partial charge is 0.497 e. The fourth-order valence-corrected chi connectivity index (χ4v) is 2.26. The van der Waals surface area contributed by atoms with E-state index in [9.17, 15) is 4.39 Å². The van der Waals surface area contributed by atoms with E-state index in [1.165, 1.54) is 13.2 Å². The van der Waals surface area contributed by atoms with Crippen molar-refractivity contribution in [2.75, 3.05) is 13.7 Å². The van der Waals surface area contributed by atoms with Gasteiger partial charge in [-0.15, -0.1) is 0 Å². The first-order chi connectivity index (χ1) is 8.11. The Morgan fingerprint density at radius 1 is 1.53 bits per heavy atom. The van der Waals surface area contributed by atoms with E-state index < -0.39 is 0 Å². The van der Waals surface area contributed by atoms with Crippen LogP contribution >= 0.6 is 0 Å². The Kier molecular flexibility index (Phi) is 3.64. The number of hydrogen-bond donors (Lipinski definition) is 1. The van der Waals surface area contributed by atoms with Gasteiger partial charge in [-0.1, -0.05) is 6.07 Å². The van der Waals surface area contributed by atoms with E-state index in [0.29, 0.717) is 17.9 Å². The maximum absolute atomic E-state index is 13.8. The molecular weight excluding hydrogens is 221 g/mol. The van der Waals surface area contributed by atoms with E-state index in [0.717, 1.165) is 6.42 Å². The summed E-state index contributed by atoms with van der Waals surface area (Å²) < 4.78 is 24.3. The Morgan fingerprint density at radius 2 is 2.29 bits per heavy atom. The number of rotatable bonds is 3. The molecule has 0 aromatic heterocycles. The van der Waals surface area contributed by atoms with Gasteiger partial charge in [0.15, 0.2) is 0 Å². The topological polar surface area (TPSA) is 44.5 Å². The van der Waals surface area contributed by atoms with E-state index in [4.69, 9.17) is 15.2 Å². The summed E-state index contributed by atoms with van der Waals surface area (Å²) in [6, 6.07) is 4.49. The molecule has 0 radical (unpaired) electrons. The lowest BCUT2D eigenvalue weighted by Crippen LogP contribution is -2.22. The maximum Gasteiger partial charge on any atom is 0.131 e. The Hall–Kier alpha value is -1.13. The lowest BCUT2D eigenvalue weighted by molar-refractivity contribution is 0.118.